The second kappa shape index (κ2) is 10.6. The van der Waals surface area contributed by atoms with Gasteiger partial charge in [0, 0.05) is 6.54 Å². The zero-order valence-corrected chi connectivity index (χ0v) is 17.2. The number of carbonyl (C=O) groups is 3. The zero-order valence-electron chi connectivity index (χ0n) is 17.2. The predicted molar refractivity (Wildman–Crippen MR) is 106 cm³/mol. The minimum absolute atomic E-state index is 0.00143. The van der Waals surface area contributed by atoms with E-state index in [4.69, 9.17) is 14.2 Å². The number of ether oxygens (including phenoxy) is 3. The first kappa shape index (κ1) is 22.4. The van der Waals surface area contributed by atoms with Crippen LogP contribution in [0.2, 0.25) is 0 Å². The maximum atomic E-state index is 12.8. The fraction of sp³-hybridized carbons (Fsp3) is 0.450. The summed E-state index contributed by atoms with van der Waals surface area (Å²) < 4.78 is 15.1. The van der Waals surface area contributed by atoms with Gasteiger partial charge in [-0.25, -0.2) is 9.59 Å². The van der Waals surface area contributed by atoms with Crippen LogP contribution in [-0.4, -0.2) is 77.5 Å². The van der Waals surface area contributed by atoms with E-state index in [1.54, 1.807) is 24.3 Å². The number of methoxy groups -OCH3 is 2. The number of esters is 2. The quantitative estimate of drug-likeness (QED) is 0.500. The van der Waals surface area contributed by atoms with E-state index in [0.717, 1.165) is 13.0 Å². The summed E-state index contributed by atoms with van der Waals surface area (Å²) in [6, 6.07) is 6.80. The third kappa shape index (κ3) is 5.55. The van der Waals surface area contributed by atoms with Gasteiger partial charge < -0.3 is 29.3 Å². The Bertz CT molecular complexity index is 790. The van der Waals surface area contributed by atoms with Crippen molar-refractivity contribution in [1.29, 1.82) is 0 Å². The molecule has 1 amide bonds. The van der Waals surface area contributed by atoms with Gasteiger partial charge in [0.2, 0.25) is 0 Å². The van der Waals surface area contributed by atoms with Crippen molar-refractivity contribution in [2.24, 2.45) is 0 Å². The highest BCUT2D eigenvalue weighted by molar-refractivity contribution is 6.06. The summed E-state index contributed by atoms with van der Waals surface area (Å²) in [7, 11) is 6.37. The average Bonchev–Trinajstić information content (AvgIpc) is 2.74. The smallest absolute Gasteiger partial charge is 0.355 e. The highest BCUT2D eigenvalue weighted by atomic mass is 16.5. The molecular formula is C20H27N3O6. The van der Waals surface area contributed by atoms with Gasteiger partial charge in [-0.1, -0.05) is 12.1 Å². The summed E-state index contributed by atoms with van der Waals surface area (Å²) >= 11 is 0. The molecule has 0 saturated carbocycles. The molecule has 0 bridgehead atoms. The number of anilines is 1. The van der Waals surface area contributed by atoms with E-state index < -0.39 is 11.9 Å². The van der Waals surface area contributed by atoms with Gasteiger partial charge in [-0.05, 0) is 39.2 Å². The van der Waals surface area contributed by atoms with Gasteiger partial charge in [-0.15, -0.1) is 0 Å². The lowest BCUT2D eigenvalue weighted by molar-refractivity contribution is -0.140. The molecule has 0 saturated heterocycles. The Morgan fingerprint density at radius 1 is 1.14 bits per heavy atom. The second-order valence-corrected chi connectivity index (χ2v) is 6.65. The van der Waals surface area contributed by atoms with Crippen molar-refractivity contribution < 1.29 is 28.6 Å². The maximum Gasteiger partial charge on any atom is 0.355 e. The monoisotopic (exact) mass is 405 g/mol. The third-order valence-corrected chi connectivity index (χ3v) is 4.34. The lowest BCUT2D eigenvalue weighted by atomic mass is 10.1. The van der Waals surface area contributed by atoms with Crippen LogP contribution in [0.1, 0.15) is 16.8 Å². The van der Waals surface area contributed by atoms with Crippen LogP contribution < -0.4 is 10.2 Å². The van der Waals surface area contributed by atoms with Gasteiger partial charge in [0.15, 0.2) is 0 Å². The number of para-hydroxylation sites is 1. The largest absolute Gasteiger partial charge is 0.466 e. The second-order valence-electron chi connectivity index (χ2n) is 6.65. The van der Waals surface area contributed by atoms with Crippen LogP contribution in [0.4, 0.5) is 5.69 Å². The first-order valence-corrected chi connectivity index (χ1v) is 9.17. The number of hydrogen-bond donors (Lipinski definition) is 1. The van der Waals surface area contributed by atoms with Gasteiger partial charge in [0.05, 0.1) is 37.7 Å². The van der Waals surface area contributed by atoms with Crippen molar-refractivity contribution in [2.45, 2.75) is 6.42 Å². The van der Waals surface area contributed by atoms with E-state index in [-0.39, 0.29) is 30.5 Å². The van der Waals surface area contributed by atoms with Crippen LogP contribution in [0.15, 0.2) is 35.5 Å². The normalized spacial score (nSPS) is 14.0. The maximum absolute atomic E-state index is 12.8. The molecule has 1 heterocycles. The van der Waals surface area contributed by atoms with E-state index in [2.05, 4.69) is 5.32 Å². The summed E-state index contributed by atoms with van der Waals surface area (Å²) in [4.78, 5) is 40.8. The summed E-state index contributed by atoms with van der Waals surface area (Å²) in [5.41, 5.74) is 0.817. The van der Waals surface area contributed by atoms with Crippen LogP contribution in [0.25, 0.3) is 0 Å². The molecule has 0 atom stereocenters. The lowest BCUT2D eigenvalue weighted by Crippen LogP contribution is -2.40. The van der Waals surface area contributed by atoms with E-state index in [0.29, 0.717) is 17.8 Å². The predicted octanol–water partition coefficient (Wildman–Crippen LogP) is 0.762. The third-order valence-electron chi connectivity index (χ3n) is 4.34. The molecule has 0 unspecified atom stereocenters. The number of rotatable bonds is 8. The molecule has 158 valence electrons. The van der Waals surface area contributed by atoms with Crippen LogP contribution >= 0.6 is 0 Å². The Balaban J connectivity index is 2.36. The van der Waals surface area contributed by atoms with Crippen molar-refractivity contribution in [1.82, 2.24) is 10.2 Å². The van der Waals surface area contributed by atoms with Crippen LogP contribution in [0, 0.1) is 0 Å². The molecule has 1 N–H and O–H groups in total. The van der Waals surface area contributed by atoms with Gasteiger partial charge in [0.1, 0.15) is 12.4 Å². The Hall–Kier alpha value is -2.91. The molecule has 29 heavy (non-hydrogen) atoms. The topological polar surface area (TPSA) is 97.4 Å². The number of carbonyl (C=O) groups excluding carboxylic acids is 3. The number of benzene rings is 1. The van der Waals surface area contributed by atoms with Crippen molar-refractivity contribution in [3.05, 3.63) is 41.1 Å². The van der Waals surface area contributed by atoms with E-state index in [1.165, 1.54) is 19.1 Å². The van der Waals surface area contributed by atoms with Crippen molar-refractivity contribution in [3.63, 3.8) is 0 Å². The van der Waals surface area contributed by atoms with Crippen LogP contribution in [0.3, 0.4) is 0 Å². The lowest BCUT2D eigenvalue weighted by Gasteiger charge is -2.32. The summed E-state index contributed by atoms with van der Waals surface area (Å²) in [6.07, 6.45) is 0.799. The van der Waals surface area contributed by atoms with E-state index >= 15 is 0 Å². The summed E-state index contributed by atoms with van der Waals surface area (Å²) in [5, 5.41) is 2.88. The highest BCUT2D eigenvalue weighted by Gasteiger charge is 2.33. The van der Waals surface area contributed by atoms with Gasteiger partial charge in [-0.3, -0.25) is 4.79 Å². The standard InChI is InChI=1S/C20H27N3O6/c1-22(2)11-7-10-21-18(24)14-8-5-6-9-16(14)23-13-29-12-15(19(25)27-3)17(23)20(26)28-4/h5-6,8-9H,7,10-13H2,1-4H3,(H,21,24). The molecule has 0 aliphatic carbocycles. The van der Waals surface area contributed by atoms with Gasteiger partial charge in [0.25, 0.3) is 5.91 Å². The number of amides is 1. The first-order valence-electron chi connectivity index (χ1n) is 9.17. The van der Waals surface area contributed by atoms with Gasteiger partial charge >= 0.3 is 11.9 Å². The number of hydrogen-bond acceptors (Lipinski definition) is 8. The number of nitrogens with zero attached hydrogens (tertiary/aromatic N) is 2. The fourth-order valence-electron chi connectivity index (χ4n) is 2.93. The molecule has 1 aliphatic rings. The molecule has 0 fully saturated rings. The van der Waals surface area contributed by atoms with Crippen LogP contribution in [-0.2, 0) is 23.8 Å². The molecule has 1 aromatic carbocycles. The Morgan fingerprint density at radius 3 is 2.48 bits per heavy atom. The van der Waals surface area contributed by atoms with Gasteiger partial charge in [-0.2, -0.15) is 0 Å². The molecule has 0 spiro atoms. The first-order chi connectivity index (χ1) is 13.9. The molecule has 2 rings (SSSR count). The number of nitrogens with one attached hydrogen (secondary N) is 1. The molecule has 9 nitrogen and oxygen atoms in total. The Morgan fingerprint density at radius 2 is 1.83 bits per heavy atom. The molecule has 0 aromatic heterocycles. The molecule has 9 heteroatoms. The SMILES string of the molecule is COC(=O)C1=C(C(=O)OC)N(c2ccccc2C(=O)NCCCN(C)C)COC1. The fourth-order valence-corrected chi connectivity index (χ4v) is 2.93. The molecule has 1 aliphatic heterocycles. The minimum atomic E-state index is -0.713. The highest BCUT2D eigenvalue weighted by Crippen LogP contribution is 2.29. The van der Waals surface area contributed by atoms with Crippen molar-refractivity contribution >= 4 is 23.5 Å². The van der Waals surface area contributed by atoms with E-state index in [9.17, 15) is 14.4 Å². The molecule has 1 aromatic rings. The average molecular weight is 405 g/mol. The van der Waals surface area contributed by atoms with Crippen molar-refractivity contribution in [2.75, 3.05) is 59.6 Å². The molecular weight excluding hydrogens is 378 g/mol. The summed E-state index contributed by atoms with van der Waals surface area (Å²) in [5.74, 6) is -1.69. The van der Waals surface area contributed by atoms with E-state index in [1.807, 2.05) is 19.0 Å². The Labute approximate surface area is 170 Å². The Kier molecular flexibility index (Phi) is 8.17. The molecule has 0 radical (unpaired) electrons. The summed E-state index contributed by atoms with van der Waals surface area (Å²) in [6.45, 7) is 1.25. The van der Waals surface area contributed by atoms with Crippen LogP contribution in [0.5, 0.6) is 0 Å². The van der Waals surface area contributed by atoms with Crippen molar-refractivity contribution in [3.8, 4) is 0 Å². The minimum Gasteiger partial charge on any atom is -0.466 e. The zero-order chi connectivity index (χ0) is 21.4.